The quantitative estimate of drug-likeness (QED) is 0.766. The highest BCUT2D eigenvalue weighted by Gasteiger charge is 2.28. The van der Waals surface area contributed by atoms with E-state index in [2.05, 4.69) is 10.1 Å². The molecule has 0 amide bonds. The van der Waals surface area contributed by atoms with E-state index in [-0.39, 0.29) is 13.2 Å². The fraction of sp³-hybridized carbons (Fsp3) is 0.500. The van der Waals surface area contributed by atoms with Crippen LogP contribution in [0.3, 0.4) is 0 Å². The summed E-state index contributed by atoms with van der Waals surface area (Å²) >= 11 is 0. The summed E-state index contributed by atoms with van der Waals surface area (Å²) in [6, 6.07) is 7.55. The number of hydrogen-bond acceptors (Lipinski definition) is 3. The van der Waals surface area contributed by atoms with Crippen LogP contribution in [0.4, 0.5) is 13.2 Å². The maximum atomic E-state index is 11.6. The summed E-state index contributed by atoms with van der Waals surface area (Å²) in [6.07, 6.45) is -3.82. The van der Waals surface area contributed by atoms with Crippen molar-refractivity contribution < 1.29 is 22.6 Å². The number of hydrogen-bond donors (Lipinski definition) is 1. The lowest BCUT2D eigenvalue weighted by molar-refractivity contribution is -0.323. The van der Waals surface area contributed by atoms with Gasteiger partial charge in [-0.25, -0.2) is 0 Å². The van der Waals surface area contributed by atoms with E-state index in [1.165, 1.54) is 0 Å². The van der Waals surface area contributed by atoms with Crippen molar-refractivity contribution in [2.45, 2.75) is 12.8 Å². The van der Waals surface area contributed by atoms with Crippen molar-refractivity contribution in [3.63, 3.8) is 0 Å². The zero-order chi connectivity index (χ0) is 13.4. The van der Waals surface area contributed by atoms with Gasteiger partial charge in [-0.2, -0.15) is 0 Å². The van der Waals surface area contributed by atoms with Crippen molar-refractivity contribution in [1.82, 2.24) is 5.32 Å². The van der Waals surface area contributed by atoms with Gasteiger partial charge in [-0.1, -0.05) is 12.1 Å². The molecule has 18 heavy (non-hydrogen) atoms. The molecule has 0 aliphatic rings. The van der Waals surface area contributed by atoms with Crippen LogP contribution in [-0.4, -0.2) is 33.2 Å². The molecule has 1 rings (SSSR count). The van der Waals surface area contributed by atoms with Crippen molar-refractivity contribution in [2.75, 3.05) is 26.8 Å². The van der Waals surface area contributed by atoms with E-state index in [1.54, 1.807) is 7.11 Å². The van der Waals surface area contributed by atoms with Crippen molar-refractivity contribution in [2.24, 2.45) is 0 Å². The standard InChI is InChI=1S/C12H16F3NO2/c1-17-11-4-2-3-10(9-11)5-6-16-7-8-18-12(13,14)15/h2-4,9,16H,5-8H2,1H3. The number of benzene rings is 1. The molecule has 0 atom stereocenters. The van der Waals surface area contributed by atoms with E-state index in [0.717, 1.165) is 17.7 Å². The maximum Gasteiger partial charge on any atom is 0.522 e. The van der Waals surface area contributed by atoms with E-state index < -0.39 is 6.36 Å². The molecule has 0 aliphatic heterocycles. The van der Waals surface area contributed by atoms with Crippen LogP contribution < -0.4 is 10.1 Å². The molecule has 0 spiro atoms. The summed E-state index contributed by atoms with van der Waals surface area (Å²) in [5.74, 6) is 0.771. The van der Waals surface area contributed by atoms with Gasteiger partial charge in [0.05, 0.1) is 13.7 Å². The van der Waals surface area contributed by atoms with Crippen LogP contribution >= 0.6 is 0 Å². The summed E-state index contributed by atoms with van der Waals surface area (Å²) in [6.45, 7) is 0.388. The Morgan fingerprint density at radius 2 is 2.00 bits per heavy atom. The van der Waals surface area contributed by atoms with Gasteiger partial charge in [-0.05, 0) is 30.7 Å². The van der Waals surface area contributed by atoms with Gasteiger partial charge < -0.3 is 10.1 Å². The van der Waals surface area contributed by atoms with E-state index in [1.807, 2.05) is 24.3 Å². The first kappa shape index (κ1) is 14.8. The first-order valence-corrected chi connectivity index (χ1v) is 5.55. The molecule has 3 nitrogen and oxygen atoms in total. The van der Waals surface area contributed by atoms with Crippen molar-refractivity contribution in [3.8, 4) is 5.75 Å². The average Bonchev–Trinajstić information content (AvgIpc) is 2.32. The van der Waals surface area contributed by atoms with Gasteiger partial charge in [0.1, 0.15) is 5.75 Å². The Kier molecular flexibility index (Phi) is 5.94. The van der Waals surface area contributed by atoms with Gasteiger partial charge in [0.15, 0.2) is 0 Å². The molecule has 0 heterocycles. The second-order valence-electron chi connectivity index (χ2n) is 3.65. The fourth-order valence-electron chi connectivity index (χ4n) is 1.42. The Morgan fingerprint density at radius 1 is 1.22 bits per heavy atom. The second-order valence-corrected chi connectivity index (χ2v) is 3.65. The maximum absolute atomic E-state index is 11.6. The summed E-state index contributed by atoms with van der Waals surface area (Å²) in [4.78, 5) is 0. The lowest BCUT2D eigenvalue weighted by atomic mass is 10.1. The minimum absolute atomic E-state index is 0.170. The van der Waals surface area contributed by atoms with Crippen LogP contribution in [0.25, 0.3) is 0 Å². The Bertz CT molecular complexity index is 355. The SMILES string of the molecule is COc1cccc(CCNCCOC(F)(F)F)c1. The summed E-state index contributed by atoms with van der Waals surface area (Å²) < 4.78 is 43.7. The largest absolute Gasteiger partial charge is 0.522 e. The molecule has 0 saturated heterocycles. The minimum atomic E-state index is -4.55. The van der Waals surface area contributed by atoms with Crippen molar-refractivity contribution >= 4 is 0 Å². The van der Waals surface area contributed by atoms with Gasteiger partial charge in [-0.15, -0.1) is 13.2 Å². The number of nitrogens with one attached hydrogen (secondary N) is 1. The van der Waals surface area contributed by atoms with Gasteiger partial charge >= 0.3 is 6.36 Å². The highest BCUT2D eigenvalue weighted by Crippen LogP contribution is 2.15. The highest BCUT2D eigenvalue weighted by molar-refractivity contribution is 5.28. The summed E-state index contributed by atoms with van der Waals surface area (Å²) in [5.41, 5.74) is 1.07. The topological polar surface area (TPSA) is 30.5 Å². The van der Waals surface area contributed by atoms with Crippen molar-refractivity contribution in [3.05, 3.63) is 29.8 Å². The first-order chi connectivity index (χ1) is 8.51. The van der Waals surface area contributed by atoms with Gasteiger partial charge in [0.2, 0.25) is 0 Å². The Balaban J connectivity index is 2.14. The molecule has 1 N–H and O–H groups in total. The van der Waals surface area contributed by atoms with E-state index >= 15 is 0 Å². The molecular formula is C12H16F3NO2. The molecule has 0 radical (unpaired) electrons. The van der Waals surface area contributed by atoms with E-state index in [4.69, 9.17) is 4.74 Å². The van der Waals surface area contributed by atoms with Crippen LogP contribution in [0.2, 0.25) is 0 Å². The predicted molar refractivity (Wildman–Crippen MR) is 61.6 cm³/mol. The third-order valence-corrected chi connectivity index (χ3v) is 2.27. The zero-order valence-electron chi connectivity index (χ0n) is 10.1. The Labute approximate surface area is 104 Å². The first-order valence-electron chi connectivity index (χ1n) is 5.55. The molecule has 1 aromatic rings. The van der Waals surface area contributed by atoms with E-state index in [9.17, 15) is 13.2 Å². The smallest absolute Gasteiger partial charge is 0.497 e. The molecule has 1 aromatic carbocycles. The molecule has 0 saturated carbocycles. The summed E-state index contributed by atoms with van der Waals surface area (Å²) in [5, 5.41) is 2.88. The third kappa shape index (κ3) is 6.46. The Hall–Kier alpha value is -1.27. The molecule has 6 heteroatoms. The predicted octanol–water partition coefficient (Wildman–Crippen LogP) is 2.36. The zero-order valence-corrected chi connectivity index (χ0v) is 10.1. The van der Waals surface area contributed by atoms with Gasteiger partial charge in [0.25, 0.3) is 0 Å². The number of alkyl halides is 3. The molecule has 0 fully saturated rings. The van der Waals surface area contributed by atoms with Crippen LogP contribution in [0.5, 0.6) is 5.75 Å². The Morgan fingerprint density at radius 3 is 2.67 bits per heavy atom. The van der Waals surface area contributed by atoms with Gasteiger partial charge in [-0.3, -0.25) is 4.74 Å². The lowest BCUT2D eigenvalue weighted by Gasteiger charge is -2.08. The minimum Gasteiger partial charge on any atom is -0.497 e. The molecule has 0 aromatic heterocycles. The van der Waals surface area contributed by atoms with Crippen LogP contribution in [0, 0.1) is 0 Å². The number of methoxy groups -OCH3 is 1. The molecule has 102 valence electrons. The molecule has 0 unspecified atom stereocenters. The highest BCUT2D eigenvalue weighted by atomic mass is 19.4. The lowest BCUT2D eigenvalue weighted by Crippen LogP contribution is -2.25. The normalized spacial score (nSPS) is 11.6. The van der Waals surface area contributed by atoms with Crippen LogP contribution in [0.15, 0.2) is 24.3 Å². The van der Waals surface area contributed by atoms with Gasteiger partial charge in [0, 0.05) is 6.54 Å². The number of ether oxygens (including phenoxy) is 2. The van der Waals surface area contributed by atoms with Crippen molar-refractivity contribution in [1.29, 1.82) is 0 Å². The fourth-order valence-corrected chi connectivity index (χ4v) is 1.42. The number of halogens is 3. The van der Waals surface area contributed by atoms with Crippen LogP contribution in [-0.2, 0) is 11.2 Å². The average molecular weight is 263 g/mol. The third-order valence-electron chi connectivity index (χ3n) is 2.27. The van der Waals surface area contributed by atoms with E-state index in [0.29, 0.717) is 6.54 Å². The second kappa shape index (κ2) is 7.23. The molecule has 0 bridgehead atoms. The molecule has 0 aliphatic carbocycles. The summed E-state index contributed by atoms with van der Waals surface area (Å²) in [7, 11) is 1.59. The number of rotatable bonds is 7. The monoisotopic (exact) mass is 263 g/mol. The van der Waals surface area contributed by atoms with Crippen LogP contribution in [0.1, 0.15) is 5.56 Å². The molecular weight excluding hydrogens is 247 g/mol.